The quantitative estimate of drug-likeness (QED) is 0.158. The van der Waals surface area contributed by atoms with Gasteiger partial charge in [-0.15, -0.1) is 0 Å². The highest BCUT2D eigenvalue weighted by atomic mass is 19.1. The third-order valence-electron chi connectivity index (χ3n) is 6.67. The van der Waals surface area contributed by atoms with E-state index in [-0.39, 0.29) is 11.8 Å². The van der Waals surface area contributed by atoms with Crippen LogP contribution in [0.5, 0.6) is 0 Å². The average molecular weight is 549 g/mol. The fraction of sp³-hybridized carbons (Fsp3) is 0.586. The first-order valence-corrected chi connectivity index (χ1v) is 13.9. The van der Waals surface area contributed by atoms with Crippen molar-refractivity contribution in [3.8, 4) is 0 Å². The smallest absolute Gasteiger partial charge is 0.328 e. The van der Waals surface area contributed by atoms with Crippen molar-refractivity contribution >= 4 is 28.9 Å². The molecule has 9 nitrogen and oxygen atoms in total. The topological polar surface area (TPSA) is 130 Å². The summed E-state index contributed by atoms with van der Waals surface area (Å²) in [5.41, 5.74) is 1.48. The number of likely N-dealkylation sites (tertiary alicyclic amines) is 1. The van der Waals surface area contributed by atoms with E-state index in [1.807, 2.05) is 0 Å². The van der Waals surface area contributed by atoms with E-state index in [1.54, 1.807) is 6.07 Å². The zero-order chi connectivity index (χ0) is 28.5. The van der Waals surface area contributed by atoms with Crippen molar-refractivity contribution in [3.05, 3.63) is 41.9 Å². The molecule has 0 atom stereocenters. The highest BCUT2D eigenvalue weighted by molar-refractivity contribution is 5.89. The fourth-order valence-corrected chi connectivity index (χ4v) is 4.57. The van der Waals surface area contributed by atoms with Gasteiger partial charge < -0.3 is 24.4 Å². The van der Waals surface area contributed by atoms with E-state index in [9.17, 15) is 18.8 Å². The maximum atomic E-state index is 13.3. The third-order valence-corrected chi connectivity index (χ3v) is 6.67. The van der Waals surface area contributed by atoms with Gasteiger partial charge in [0.2, 0.25) is 0 Å². The number of rotatable bonds is 15. The Balaban J connectivity index is 0.000000580. The molecule has 2 heterocycles. The lowest BCUT2D eigenvalue weighted by Crippen LogP contribution is -2.34. The van der Waals surface area contributed by atoms with Crippen molar-refractivity contribution in [3.63, 3.8) is 0 Å². The zero-order valence-electron chi connectivity index (χ0n) is 22.8. The summed E-state index contributed by atoms with van der Waals surface area (Å²) in [5, 5.41) is 20.8. The first kappa shape index (κ1) is 31.9. The second kappa shape index (κ2) is 18.1. The second-order valence-electron chi connectivity index (χ2n) is 9.78. The van der Waals surface area contributed by atoms with Gasteiger partial charge in [0.15, 0.2) is 5.58 Å². The van der Waals surface area contributed by atoms with E-state index in [2.05, 4.69) is 17.0 Å². The van der Waals surface area contributed by atoms with Gasteiger partial charge in [0.1, 0.15) is 5.82 Å². The molecule has 0 spiro atoms. The molecule has 216 valence electrons. The molecule has 2 N–H and O–H groups in total. The molecule has 0 bridgehead atoms. The summed E-state index contributed by atoms with van der Waals surface area (Å²) in [6.45, 7) is 5.66. The van der Waals surface area contributed by atoms with Gasteiger partial charge in [0.05, 0.1) is 12.3 Å². The molecule has 0 aliphatic carbocycles. The number of piperidine rings is 1. The molecule has 3 rings (SSSR count). The zero-order valence-corrected chi connectivity index (χ0v) is 22.8. The van der Waals surface area contributed by atoms with Gasteiger partial charge in [-0.25, -0.2) is 14.0 Å². The number of esters is 1. The highest BCUT2D eigenvalue weighted by Gasteiger charge is 2.25. The molecule has 1 saturated heterocycles. The van der Waals surface area contributed by atoms with Gasteiger partial charge in [0, 0.05) is 42.5 Å². The predicted molar refractivity (Wildman–Crippen MR) is 145 cm³/mol. The number of hydrogen-bond acceptors (Lipinski definition) is 7. The maximum Gasteiger partial charge on any atom is 0.328 e. The number of hydrogen-bond donors (Lipinski definition) is 2. The van der Waals surface area contributed by atoms with E-state index < -0.39 is 11.9 Å². The van der Waals surface area contributed by atoms with E-state index >= 15 is 0 Å². The lowest BCUT2D eigenvalue weighted by molar-refractivity contribution is -0.144. The number of halogens is 1. The Kier molecular flexibility index (Phi) is 14.8. The van der Waals surface area contributed by atoms with E-state index in [0.717, 1.165) is 62.8 Å². The Labute approximate surface area is 229 Å². The largest absolute Gasteiger partial charge is 0.478 e. The van der Waals surface area contributed by atoms with E-state index in [1.165, 1.54) is 44.2 Å². The van der Waals surface area contributed by atoms with Gasteiger partial charge in [0.25, 0.3) is 0 Å². The van der Waals surface area contributed by atoms with Crippen LogP contribution in [-0.4, -0.2) is 64.4 Å². The minimum absolute atomic E-state index is 0.0541. The molecule has 0 amide bonds. The van der Waals surface area contributed by atoms with Crippen LogP contribution in [0, 0.1) is 5.82 Å². The van der Waals surface area contributed by atoms with Crippen LogP contribution in [0.4, 0.5) is 4.39 Å². The molecule has 1 aromatic heterocycles. The summed E-state index contributed by atoms with van der Waals surface area (Å²) >= 11 is 0. The number of carbonyl (C=O) groups excluding carboxylic acids is 1. The molecular weight excluding hydrogens is 507 g/mol. The van der Waals surface area contributed by atoms with Crippen LogP contribution in [0.3, 0.4) is 0 Å². The minimum Gasteiger partial charge on any atom is -0.478 e. The number of fused-ring (bicyclic) bond motifs is 1. The number of aliphatic carboxylic acids is 2. The van der Waals surface area contributed by atoms with Crippen LogP contribution >= 0.6 is 0 Å². The molecule has 0 unspecified atom stereocenters. The molecule has 1 aromatic carbocycles. The Hall–Kier alpha value is -3.27. The Bertz CT molecular complexity index is 1050. The molecule has 1 aliphatic heterocycles. The summed E-state index contributed by atoms with van der Waals surface area (Å²) in [6, 6.07) is 4.63. The molecule has 1 aliphatic rings. The first-order chi connectivity index (χ1) is 18.8. The van der Waals surface area contributed by atoms with Crippen LogP contribution in [0.1, 0.15) is 89.2 Å². The van der Waals surface area contributed by atoms with Crippen LogP contribution in [0.2, 0.25) is 0 Å². The average Bonchev–Trinajstić information content (AvgIpc) is 3.33. The lowest BCUT2D eigenvalue weighted by atomic mass is 9.91. The number of aromatic nitrogens is 1. The molecule has 0 saturated carbocycles. The fourth-order valence-electron chi connectivity index (χ4n) is 4.57. The van der Waals surface area contributed by atoms with Gasteiger partial charge in [-0.05, 0) is 50.9 Å². The Morgan fingerprint density at radius 1 is 1.03 bits per heavy atom. The molecule has 0 radical (unpaired) electrons. The monoisotopic (exact) mass is 548 g/mol. The number of carboxylic acid groups (broad SMARTS) is 2. The van der Waals surface area contributed by atoms with Crippen LogP contribution in [0.15, 0.2) is 34.9 Å². The van der Waals surface area contributed by atoms with Gasteiger partial charge >= 0.3 is 17.9 Å². The minimum atomic E-state index is -1.26. The number of carbonyl (C=O) groups is 3. The summed E-state index contributed by atoms with van der Waals surface area (Å²) in [6.07, 6.45) is 13.0. The van der Waals surface area contributed by atoms with Crippen molar-refractivity contribution in [2.45, 2.75) is 83.5 Å². The SMILES string of the molecule is CCCCCCCCCC(=O)OCCCN1CCC(c2noc3cc(F)ccc23)CC1.O=C(O)C=CC(=O)O. The molecular formula is C29H41FN2O7. The highest BCUT2D eigenvalue weighted by Crippen LogP contribution is 2.32. The molecule has 1 fully saturated rings. The number of ether oxygens (including phenoxy) is 1. The number of benzene rings is 1. The van der Waals surface area contributed by atoms with Gasteiger partial charge in [-0.3, -0.25) is 4.79 Å². The standard InChI is InChI=1S/C25H37FN2O3.C4H4O4/c1-2-3-4-5-6-7-8-10-24(29)30-18-9-15-28-16-13-20(14-17-28)25-22-12-11-21(26)19-23(22)31-27-25;5-3(6)1-2-4(7)8/h11-12,19-20H,2-10,13-18H2,1H3;1-2H,(H,5,6)(H,7,8). The van der Waals surface area contributed by atoms with Gasteiger partial charge in [-0.1, -0.05) is 50.6 Å². The number of nitrogens with zero attached hydrogens (tertiary/aromatic N) is 2. The van der Waals surface area contributed by atoms with Crippen LogP contribution < -0.4 is 0 Å². The van der Waals surface area contributed by atoms with Crippen LogP contribution in [-0.2, 0) is 19.1 Å². The normalized spacial score (nSPS) is 14.3. The summed E-state index contributed by atoms with van der Waals surface area (Å²) in [4.78, 5) is 33.4. The van der Waals surface area contributed by atoms with Gasteiger partial charge in [-0.2, -0.15) is 0 Å². The van der Waals surface area contributed by atoms with Crippen LogP contribution in [0.25, 0.3) is 11.0 Å². The first-order valence-electron chi connectivity index (χ1n) is 13.9. The number of carboxylic acids is 2. The van der Waals surface area contributed by atoms with Crippen molar-refractivity contribution in [1.82, 2.24) is 10.1 Å². The van der Waals surface area contributed by atoms with E-state index in [4.69, 9.17) is 19.5 Å². The number of unbranched alkanes of at least 4 members (excludes halogenated alkanes) is 6. The van der Waals surface area contributed by atoms with Crippen molar-refractivity contribution in [2.24, 2.45) is 0 Å². The molecule has 39 heavy (non-hydrogen) atoms. The second-order valence-corrected chi connectivity index (χ2v) is 9.78. The molecule has 10 heteroatoms. The van der Waals surface area contributed by atoms with Crippen molar-refractivity contribution < 1.29 is 38.2 Å². The summed E-state index contributed by atoms with van der Waals surface area (Å²) in [7, 11) is 0. The lowest BCUT2D eigenvalue weighted by Gasteiger charge is -2.31. The summed E-state index contributed by atoms with van der Waals surface area (Å²) < 4.78 is 24.1. The van der Waals surface area contributed by atoms with Crippen molar-refractivity contribution in [1.29, 1.82) is 0 Å². The maximum absolute atomic E-state index is 13.3. The Morgan fingerprint density at radius 3 is 2.31 bits per heavy atom. The van der Waals surface area contributed by atoms with Crippen molar-refractivity contribution in [2.75, 3.05) is 26.2 Å². The van der Waals surface area contributed by atoms with E-state index in [0.29, 0.717) is 36.7 Å². The Morgan fingerprint density at radius 2 is 1.67 bits per heavy atom. The summed E-state index contributed by atoms with van der Waals surface area (Å²) in [5.74, 6) is -2.52. The third kappa shape index (κ3) is 12.9. The molecule has 2 aromatic rings. The predicted octanol–water partition coefficient (Wildman–Crippen LogP) is 5.93.